The first-order valence-corrected chi connectivity index (χ1v) is 6.25. The molecule has 0 unspecified atom stereocenters. The Morgan fingerprint density at radius 2 is 2.17 bits per heavy atom. The fourth-order valence-corrected chi connectivity index (χ4v) is 1.58. The highest BCUT2D eigenvalue weighted by atomic mass is 16.5. The molecule has 0 spiro atoms. The molecule has 0 aliphatic carbocycles. The number of nitrogens with one attached hydrogen (secondary N) is 1. The lowest BCUT2D eigenvalue weighted by molar-refractivity contribution is -0.105. The van der Waals surface area contributed by atoms with E-state index in [0.717, 1.165) is 25.7 Å². The minimum absolute atomic E-state index is 0.346. The van der Waals surface area contributed by atoms with Gasteiger partial charge in [-0.3, -0.25) is 4.79 Å². The lowest BCUT2D eigenvalue weighted by Gasteiger charge is -2.05. The molecule has 1 aromatic rings. The number of amides is 1. The van der Waals surface area contributed by atoms with Crippen LogP contribution in [0.4, 0.5) is 5.69 Å². The van der Waals surface area contributed by atoms with Gasteiger partial charge in [-0.1, -0.05) is 32.3 Å². The highest BCUT2D eigenvalue weighted by Crippen LogP contribution is 2.11. The van der Waals surface area contributed by atoms with Gasteiger partial charge in [0.15, 0.2) is 0 Å². The first-order chi connectivity index (χ1) is 8.77. The molecule has 0 atom stereocenters. The Balaban J connectivity index is 2.41. The largest absolute Gasteiger partial charge is 0.462 e. The molecule has 0 aliphatic heterocycles. The summed E-state index contributed by atoms with van der Waals surface area (Å²) in [6.07, 6.45) is 4.88. The third-order valence-electron chi connectivity index (χ3n) is 2.55. The van der Waals surface area contributed by atoms with Gasteiger partial charge in [0, 0.05) is 5.69 Å². The Morgan fingerprint density at radius 1 is 1.33 bits per heavy atom. The predicted octanol–water partition coefficient (Wildman–Crippen LogP) is 2.99. The Labute approximate surface area is 107 Å². The number of carbonyl (C=O) groups is 2. The quantitative estimate of drug-likeness (QED) is 0.438. The molecular weight excluding hydrogens is 230 g/mol. The van der Waals surface area contributed by atoms with Crippen molar-refractivity contribution in [3.63, 3.8) is 0 Å². The van der Waals surface area contributed by atoms with Crippen LogP contribution in [-0.4, -0.2) is 19.0 Å². The molecule has 0 radical (unpaired) electrons. The predicted molar refractivity (Wildman–Crippen MR) is 70.6 cm³/mol. The van der Waals surface area contributed by atoms with Gasteiger partial charge in [0.05, 0.1) is 12.2 Å². The van der Waals surface area contributed by atoms with Crippen LogP contribution in [0.1, 0.15) is 43.0 Å². The monoisotopic (exact) mass is 249 g/mol. The third-order valence-corrected chi connectivity index (χ3v) is 2.55. The number of hydrogen-bond donors (Lipinski definition) is 1. The molecule has 4 heteroatoms. The topological polar surface area (TPSA) is 55.4 Å². The zero-order valence-electron chi connectivity index (χ0n) is 10.6. The van der Waals surface area contributed by atoms with E-state index in [4.69, 9.17) is 4.74 Å². The normalized spacial score (nSPS) is 9.83. The highest BCUT2D eigenvalue weighted by Gasteiger charge is 2.07. The van der Waals surface area contributed by atoms with E-state index in [-0.39, 0.29) is 5.97 Å². The van der Waals surface area contributed by atoms with Gasteiger partial charge in [0.2, 0.25) is 6.41 Å². The van der Waals surface area contributed by atoms with Crippen LogP contribution in [0.2, 0.25) is 0 Å². The molecule has 0 saturated heterocycles. The van der Waals surface area contributed by atoms with E-state index in [2.05, 4.69) is 12.2 Å². The van der Waals surface area contributed by atoms with Gasteiger partial charge in [0.25, 0.3) is 0 Å². The summed E-state index contributed by atoms with van der Waals surface area (Å²) in [5.41, 5.74) is 1.04. The zero-order valence-corrected chi connectivity index (χ0v) is 10.6. The van der Waals surface area contributed by atoms with Gasteiger partial charge in [-0.2, -0.15) is 0 Å². The van der Waals surface area contributed by atoms with Crippen LogP contribution in [0.15, 0.2) is 24.3 Å². The van der Waals surface area contributed by atoms with Crippen molar-refractivity contribution in [3.05, 3.63) is 29.8 Å². The fraction of sp³-hybridized carbons (Fsp3) is 0.429. The van der Waals surface area contributed by atoms with Gasteiger partial charge in [-0.05, 0) is 24.6 Å². The molecule has 1 aromatic carbocycles. The molecule has 0 saturated carbocycles. The van der Waals surface area contributed by atoms with Crippen molar-refractivity contribution in [2.75, 3.05) is 11.9 Å². The van der Waals surface area contributed by atoms with E-state index in [1.54, 1.807) is 24.3 Å². The smallest absolute Gasteiger partial charge is 0.338 e. The molecule has 0 heterocycles. The molecule has 1 rings (SSSR count). The molecule has 4 nitrogen and oxygen atoms in total. The summed E-state index contributed by atoms with van der Waals surface area (Å²) in [6.45, 7) is 2.59. The van der Waals surface area contributed by atoms with E-state index < -0.39 is 0 Å². The molecule has 0 fully saturated rings. The van der Waals surface area contributed by atoms with Crippen molar-refractivity contribution in [1.29, 1.82) is 0 Å². The van der Waals surface area contributed by atoms with Crippen molar-refractivity contribution >= 4 is 18.1 Å². The van der Waals surface area contributed by atoms with Gasteiger partial charge >= 0.3 is 5.97 Å². The van der Waals surface area contributed by atoms with E-state index in [1.807, 2.05) is 0 Å². The summed E-state index contributed by atoms with van der Waals surface area (Å²) in [5.74, 6) is -0.346. The average Bonchev–Trinajstić information content (AvgIpc) is 2.39. The number of unbranched alkanes of at least 4 members (excludes halogenated alkanes) is 3. The molecule has 1 N–H and O–H groups in total. The van der Waals surface area contributed by atoms with Gasteiger partial charge in [-0.15, -0.1) is 0 Å². The summed E-state index contributed by atoms with van der Waals surface area (Å²) >= 11 is 0. The molecule has 0 bridgehead atoms. The Bertz CT molecular complexity index is 390. The van der Waals surface area contributed by atoms with Crippen molar-refractivity contribution in [2.45, 2.75) is 32.6 Å². The van der Waals surface area contributed by atoms with Gasteiger partial charge in [-0.25, -0.2) is 4.79 Å². The van der Waals surface area contributed by atoms with Gasteiger partial charge in [0.1, 0.15) is 0 Å². The van der Waals surface area contributed by atoms with E-state index in [9.17, 15) is 9.59 Å². The van der Waals surface area contributed by atoms with Crippen LogP contribution in [0.25, 0.3) is 0 Å². The number of anilines is 1. The second-order valence-corrected chi connectivity index (χ2v) is 4.04. The average molecular weight is 249 g/mol. The summed E-state index contributed by atoms with van der Waals surface area (Å²) < 4.78 is 5.15. The van der Waals surface area contributed by atoms with Crippen molar-refractivity contribution in [2.24, 2.45) is 0 Å². The first kappa shape index (κ1) is 14.2. The number of hydrogen-bond acceptors (Lipinski definition) is 3. The van der Waals surface area contributed by atoms with Crippen LogP contribution in [0, 0.1) is 0 Å². The number of benzene rings is 1. The molecular formula is C14H19NO3. The van der Waals surface area contributed by atoms with E-state index in [1.165, 1.54) is 0 Å². The Kier molecular flexibility index (Phi) is 6.54. The number of carbonyl (C=O) groups excluding carboxylic acids is 2. The second kappa shape index (κ2) is 8.28. The minimum Gasteiger partial charge on any atom is -0.462 e. The number of esters is 1. The minimum atomic E-state index is -0.346. The number of ether oxygens (including phenoxy) is 1. The second-order valence-electron chi connectivity index (χ2n) is 4.04. The van der Waals surface area contributed by atoms with Crippen LogP contribution >= 0.6 is 0 Å². The summed E-state index contributed by atoms with van der Waals surface area (Å²) in [6, 6.07) is 6.69. The van der Waals surface area contributed by atoms with Crippen molar-refractivity contribution < 1.29 is 14.3 Å². The standard InChI is InChI=1S/C14H19NO3/c1-2-3-4-5-9-18-14(17)12-7-6-8-13(10-12)15-11-16/h6-8,10-11H,2-5,9H2,1H3,(H,15,16). The van der Waals surface area contributed by atoms with Crippen LogP contribution in [-0.2, 0) is 9.53 Å². The van der Waals surface area contributed by atoms with E-state index in [0.29, 0.717) is 24.3 Å². The van der Waals surface area contributed by atoms with Crippen molar-refractivity contribution in [3.8, 4) is 0 Å². The fourth-order valence-electron chi connectivity index (χ4n) is 1.58. The molecule has 98 valence electrons. The lowest BCUT2D eigenvalue weighted by atomic mass is 10.2. The number of rotatable bonds is 8. The lowest BCUT2D eigenvalue weighted by Crippen LogP contribution is -2.07. The summed E-state index contributed by atoms with van der Waals surface area (Å²) in [4.78, 5) is 22.0. The van der Waals surface area contributed by atoms with Crippen LogP contribution in [0.5, 0.6) is 0 Å². The summed E-state index contributed by atoms with van der Waals surface area (Å²) in [7, 11) is 0. The Morgan fingerprint density at radius 3 is 2.89 bits per heavy atom. The molecule has 1 amide bonds. The van der Waals surface area contributed by atoms with Crippen LogP contribution in [0.3, 0.4) is 0 Å². The first-order valence-electron chi connectivity index (χ1n) is 6.25. The third kappa shape index (κ3) is 4.99. The van der Waals surface area contributed by atoms with E-state index >= 15 is 0 Å². The molecule has 18 heavy (non-hydrogen) atoms. The highest BCUT2D eigenvalue weighted by molar-refractivity contribution is 5.91. The molecule has 0 aliphatic rings. The Hall–Kier alpha value is -1.84. The summed E-state index contributed by atoms with van der Waals surface area (Å²) in [5, 5.41) is 2.50. The molecule has 0 aromatic heterocycles. The van der Waals surface area contributed by atoms with Crippen LogP contribution < -0.4 is 5.32 Å². The maximum Gasteiger partial charge on any atom is 0.338 e. The zero-order chi connectivity index (χ0) is 13.2. The SMILES string of the molecule is CCCCCCOC(=O)c1cccc(NC=O)c1. The maximum absolute atomic E-state index is 11.7. The van der Waals surface area contributed by atoms with Crippen molar-refractivity contribution in [1.82, 2.24) is 0 Å². The van der Waals surface area contributed by atoms with Gasteiger partial charge < -0.3 is 10.1 Å². The maximum atomic E-state index is 11.7.